The molecule has 0 radical (unpaired) electrons. The van der Waals surface area contributed by atoms with Gasteiger partial charge in [-0.05, 0) is 44.2 Å². The zero-order valence-corrected chi connectivity index (χ0v) is 12.0. The van der Waals surface area contributed by atoms with E-state index in [9.17, 15) is 4.79 Å². The number of pyridine rings is 1. The molecule has 1 atom stereocenters. The van der Waals surface area contributed by atoms with Gasteiger partial charge in [0.1, 0.15) is 11.9 Å². The van der Waals surface area contributed by atoms with Gasteiger partial charge in [-0.1, -0.05) is 6.07 Å². The van der Waals surface area contributed by atoms with Crippen LogP contribution >= 0.6 is 0 Å². The first-order chi connectivity index (χ1) is 9.70. The van der Waals surface area contributed by atoms with Crippen LogP contribution in [0.5, 0.6) is 0 Å². The van der Waals surface area contributed by atoms with E-state index in [2.05, 4.69) is 9.88 Å². The van der Waals surface area contributed by atoms with Gasteiger partial charge < -0.3 is 15.4 Å². The monoisotopic (exact) mass is 277 g/mol. The van der Waals surface area contributed by atoms with Crippen molar-refractivity contribution in [3.63, 3.8) is 0 Å². The highest BCUT2D eigenvalue weighted by Gasteiger charge is 2.16. The Labute approximate surface area is 120 Å². The zero-order chi connectivity index (χ0) is 14.4. The third-order valence-electron chi connectivity index (χ3n) is 3.53. The highest BCUT2D eigenvalue weighted by molar-refractivity contribution is 5.75. The molecule has 0 aromatic carbocycles. The Bertz CT molecular complexity index is 427. The standard InChI is InChI=1S/C15H23N3O2/c1-2-20-15(19)13(16)10-12-6-7-14(17-11-12)18-8-4-3-5-9-18/h6-7,11,13H,2-5,8-10,16H2,1H3. The van der Waals surface area contributed by atoms with E-state index in [0.717, 1.165) is 24.5 Å². The molecule has 1 aromatic rings. The van der Waals surface area contributed by atoms with Crippen LogP contribution in [0.2, 0.25) is 0 Å². The molecule has 1 aliphatic rings. The number of hydrogen-bond donors (Lipinski definition) is 1. The van der Waals surface area contributed by atoms with Gasteiger partial charge in [-0.3, -0.25) is 4.79 Å². The van der Waals surface area contributed by atoms with Gasteiger partial charge in [0.15, 0.2) is 0 Å². The molecule has 0 amide bonds. The predicted molar refractivity (Wildman–Crippen MR) is 78.6 cm³/mol. The number of carbonyl (C=O) groups is 1. The van der Waals surface area contributed by atoms with Crippen molar-refractivity contribution in [3.05, 3.63) is 23.9 Å². The van der Waals surface area contributed by atoms with Crippen LogP contribution in [0.1, 0.15) is 31.7 Å². The molecular weight excluding hydrogens is 254 g/mol. The van der Waals surface area contributed by atoms with Crippen LogP contribution in [-0.4, -0.2) is 36.7 Å². The molecule has 1 aromatic heterocycles. The lowest BCUT2D eigenvalue weighted by Crippen LogP contribution is -2.34. The molecule has 0 spiro atoms. The van der Waals surface area contributed by atoms with Gasteiger partial charge in [0.2, 0.25) is 0 Å². The second kappa shape index (κ2) is 7.24. The number of ether oxygens (including phenoxy) is 1. The number of anilines is 1. The smallest absolute Gasteiger partial charge is 0.323 e. The molecule has 1 unspecified atom stereocenters. The lowest BCUT2D eigenvalue weighted by atomic mass is 10.1. The maximum Gasteiger partial charge on any atom is 0.323 e. The second-order valence-electron chi connectivity index (χ2n) is 5.14. The van der Waals surface area contributed by atoms with E-state index in [1.54, 1.807) is 6.92 Å². The van der Waals surface area contributed by atoms with Crippen molar-refractivity contribution in [1.82, 2.24) is 4.98 Å². The van der Waals surface area contributed by atoms with Gasteiger partial charge in [-0.25, -0.2) is 4.98 Å². The van der Waals surface area contributed by atoms with E-state index >= 15 is 0 Å². The molecule has 1 saturated heterocycles. The summed E-state index contributed by atoms with van der Waals surface area (Å²) in [6, 6.07) is 3.40. The average Bonchev–Trinajstić information content (AvgIpc) is 2.49. The molecule has 2 rings (SSSR count). The third-order valence-corrected chi connectivity index (χ3v) is 3.53. The molecule has 2 heterocycles. The van der Waals surface area contributed by atoms with Gasteiger partial charge in [0.25, 0.3) is 0 Å². The first-order valence-electron chi connectivity index (χ1n) is 7.33. The molecule has 2 N–H and O–H groups in total. The van der Waals surface area contributed by atoms with Crippen LogP contribution in [0.4, 0.5) is 5.82 Å². The summed E-state index contributed by atoms with van der Waals surface area (Å²) >= 11 is 0. The summed E-state index contributed by atoms with van der Waals surface area (Å²) < 4.78 is 4.90. The van der Waals surface area contributed by atoms with Crippen molar-refractivity contribution in [2.45, 2.75) is 38.6 Å². The third kappa shape index (κ3) is 3.93. The molecule has 110 valence electrons. The first-order valence-corrected chi connectivity index (χ1v) is 7.33. The van der Waals surface area contributed by atoms with Crippen molar-refractivity contribution in [2.75, 3.05) is 24.6 Å². The number of hydrogen-bond acceptors (Lipinski definition) is 5. The van der Waals surface area contributed by atoms with Gasteiger partial charge >= 0.3 is 5.97 Å². The topological polar surface area (TPSA) is 68.5 Å². The predicted octanol–water partition coefficient (Wildman–Crippen LogP) is 1.50. The molecule has 20 heavy (non-hydrogen) atoms. The summed E-state index contributed by atoms with van der Waals surface area (Å²) in [5.41, 5.74) is 6.77. The summed E-state index contributed by atoms with van der Waals surface area (Å²) in [5.74, 6) is 0.658. The summed E-state index contributed by atoms with van der Waals surface area (Å²) in [7, 11) is 0. The Hall–Kier alpha value is -1.62. The summed E-state index contributed by atoms with van der Waals surface area (Å²) in [6.07, 6.45) is 6.05. The summed E-state index contributed by atoms with van der Waals surface area (Å²) in [6.45, 7) is 4.29. The largest absolute Gasteiger partial charge is 0.465 e. The van der Waals surface area contributed by atoms with Crippen LogP contribution in [0, 0.1) is 0 Å². The lowest BCUT2D eigenvalue weighted by Gasteiger charge is -2.27. The van der Waals surface area contributed by atoms with E-state index in [-0.39, 0.29) is 5.97 Å². The number of carbonyl (C=O) groups excluding carboxylic acids is 1. The molecule has 5 heteroatoms. The minimum absolute atomic E-state index is 0.354. The average molecular weight is 277 g/mol. The quantitative estimate of drug-likeness (QED) is 0.826. The fraction of sp³-hybridized carbons (Fsp3) is 0.600. The van der Waals surface area contributed by atoms with E-state index in [1.807, 2.05) is 18.3 Å². The summed E-state index contributed by atoms with van der Waals surface area (Å²) in [5, 5.41) is 0. The molecular formula is C15H23N3O2. The van der Waals surface area contributed by atoms with Crippen molar-refractivity contribution >= 4 is 11.8 Å². The summed E-state index contributed by atoms with van der Waals surface area (Å²) in [4.78, 5) is 18.3. The molecule has 1 fully saturated rings. The first kappa shape index (κ1) is 14.8. The maximum atomic E-state index is 11.5. The van der Waals surface area contributed by atoms with E-state index in [4.69, 9.17) is 10.5 Å². The second-order valence-corrected chi connectivity index (χ2v) is 5.14. The van der Waals surface area contributed by atoms with Crippen molar-refractivity contribution in [3.8, 4) is 0 Å². The number of rotatable bonds is 5. The van der Waals surface area contributed by atoms with E-state index in [1.165, 1.54) is 19.3 Å². The van der Waals surface area contributed by atoms with Crippen molar-refractivity contribution in [1.29, 1.82) is 0 Å². The van der Waals surface area contributed by atoms with E-state index < -0.39 is 6.04 Å². The van der Waals surface area contributed by atoms with E-state index in [0.29, 0.717) is 13.0 Å². The van der Waals surface area contributed by atoms with Crippen LogP contribution in [-0.2, 0) is 16.0 Å². The van der Waals surface area contributed by atoms with Gasteiger partial charge in [0, 0.05) is 19.3 Å². The fourth-order valence-corrected chi connectivity index (χ4v) is 2.43. The Morgan fingerprint density at radius 3 is 2.75 bits per heavy atom. The fourth-order valence-electron chi connectivity index (χ4n) is 2.43. The highest BCUT2D eigenvalue weighted by Crippen LogP contribution is 2.17. The Morgan fingerprint density at radius 1 is 1.40 bits per heavy atom. The number of nitrogens with two attached hydrogens (primary N) is 1. The maximum absolute atomic E-state index is 11.5. The van der Waals surface area contributed by atoms with Gasteiger partial charge in [-0.2, -0.15) is 0 Å². The molecule has 0 aliphatic carbocycles. The van der Waals surface area contributed by atoms with Gasteiger partial charge in [0.05, 0.1) is 6.61 Å². The molecule has 0 bridgehead atoms. The number of piperidine rings is 1. The van der Waals surface area contributed by atoms with Crippen molar-refractivity contribution < 1.29 is 9.53 Å². The minimum Gasteiger partial charge on any atom is -0.465 e. The van der Waals surface area contributed by atoms with Crippen LogP contribution in [0.3, 0.4) is 0 Å². The molecule has 5 nitrogen and oxygen atoms in total. The Balaban J connectivity index is 1.92. The molecule has 1 aliphatic heterocycles. The number of esters is 1. The lowest BCUT2D eigenvalue weighted by molar-refractivity contribution is -0.144. The minimum atomic E-state index is -0.613. The van der Waals surface area contributed by atoms with Crippen molar-refractivity contribution in [2.24, 2.45) is 5.73 Å². The highest BCUT2D eigenvalue weighted by atomic mass is 16.5. The van der Waals surface area contributed by atoms with Gasteiger partial charge in [-0.15, -0.1) is 0 Å². The van der Waals surface area contributed by atoms with Crippen LogP contribution in [0.15, 0.2) is 18.3 Å². The SMILES string of the molecule is CCOC(=O)C(N)Cc1ccc(N2CCCCC2)nc1. The van der Waals surface area contributed by atoms with Crippen LogP contribution in [0.25, 0.3) is 0 Å². The number of aromatic nitrogens is 1. The normalized spacial score (nSPS) is 16.8. The molecule has 0 saturated carbocycles. The Kier molecular flexibility index (Phi) is 5.35. The Morgan fingerprint density at radius 2 is 2.15 bits per heavy atom. The zero-order valence-electron chi connectivity index (χ0n) is 12.0. The van der Waals surface area contributed by atoms with Crippen LogP contribution < -0.4 is 10.6 Å². The number of nitrogens with zero attached hydrogens (tertiary/aromatic N) is 2.